The molecule has 1 atom stereocenters. The molecule has 0 amide bonds. The predicted molar refractivity (Wildman–Crippen MR) is 81.2 cm³/mol. The second-order valence-corrected chi connectivity index (χ2v) is 5.44. The molecule has 0 aliphatic heterocycles. The molecule has 2 aromatic carbocycles. The van der Waals surface area contributed by atoms with Crippen molar-refractivity contribution in [2.24, 2.45) is 0 Å². The number of hydrogen-bond donors (Lipinski definition) is 1. The summed E-state index contributed by atoms with van der Waals surface area (Å²) < 4.78 is 0. The molecule has 0 radical (unpaired) electrons. The Labute approximate surface area is 123 Å². The van der Waals surface area contributed by atoms with E-state index in [0.29, 0.717) is 16.5 Å². The molecule has 0 aliphatic rings. The Bertz CT molecular complexity index is 566. The highest BCUT2D eigenvalue weighted by Crippen LogP contribution is 2.30. The lowest BCUT2D eigenvalue weighted by Crippen LogP contribution is -2.09. The summed E-state index contributed by atoms with van der Waals surface area (Å²) in [6.07, 6.45) is 0.681. The summed E-state index contributed by atoms with van der Waals surface area (Å²) in [4.78, 5) is 0. The normalized spacial score (nSPS) is 12.4. The summed E-state index contributed by atoms with van der Waals surface area (Å²) in [7, 11) is 0. The number of rotatable bonds is 4. The molecule has 0 fully saturated rings. The van der Waals surface area contributed by atoms with Crippen LogP contribution in [0.1, 0.15) is 22.6 Å². The zero-order valence-corrected chi connectivity index (χ0v) is 12.2. The monoisotopic (exact) mass is 294 g/mol. The Hall–Kier alpha value is -1.02. The Morgan fingerprint density at radius 2 is 1.79 bits per heavy atom. The molecule has 0 heterocycles. The summed E-state index contributed by atoms with van der Waals surface area (Å²) in [5.74, 6) is 0.0390. The standard InChI is InChI=1S/C16H16Cl2O/c1-11-5-2-3-7-14(11)13(10-19)9-12-6-4-8-15(17)16(12)18/h2-8,13,19H,9-10H2,1H3. The van der Waals surface area contributed by atoms with Gasteiger partial charge in [0.05, 0.1) is 16.7 Å². The van der Waals surface area contributed by atoms with Gasteiger partial charge >= 0.3 is 0 Å². The lowest BCUT2D eigenvalue weighted by Gasteiger charge is -2.18. The molecule has 1 unspecified atom stereocenters. The Morgan fingerprint density at radius 3 is 2.47 bits per heavy atom. The largest absolute Gasteiger partial charge is 0.396 e. The van der Waals surface area contributed by atoms with Gasteiger partial charge in [0, 0.05) is 5.92 Å². The molecular weight excluding hydrogens is 279 g/mol. The van der Waals surface area contributed by atoms with Gasteiger partial charge < -0.3 is 5.11 Å². The van der Waals surface area contributed by atoms with E-state index in [2.05, 4.69) is 19.1 Å². The molecule has 0 aliphatic carbocycles. The second-order valence-electron chi connectivity index (χ2n) is 4.65. The summed E-state index contributed by atoms with van der Waals surface area (Å²) in [6.45, 7) is 2.14. The van der Waals surface area contributed by atoms with Gasteiger partial charge in [-0.3, -0.25) is 0 Å². The van der Waals surface area contributed by atoms with Crippen molar-refractivity contribution < 1.29 is 5.11 Å². The van der Waals surface area contributed by atoms with Crippen LogP contribution in [0.3, 0.4) is 0 Å². The number of aliphatic hydroxyl groups excluding tert-OH is 1. The van der Waals surface area contributed by atoms with Gasteiger partial charge in [0.2, 0.25) is 0 Å². The number of halogens is 2. The van der Waals surface area contributed by atoms with Crippen molar-refractivity contribution >= 4 is 23.2 Å². The molecule has 0 aromatic heterocycles. The molecule has 1 N–H and O–H groups in total. The Balaban J connectivity index is 2.30. The quantitative estimate of drug-likeness (QED) is 0.872. The fourth-order valence-corrected chi connectivity index (χ4v) is 2.69. The minimum Gasteiger partial charge on any atom is -0.396 e. The van der Waals surface area contributed by atoms with Crippen LogP contribution in [-0.2, 0) is 6.42 Å². The first-order chi connectivity index (χ1) is 9.13. The summed E-state index contributed by atoms with van der Waals surface area (Å²) in [6, 6.07) is 13.7. The van der Waals surface area contributed by atoms with Crippen LogP contribution in [0.2, 0.25) is 10.0 Å². The molecule has 100 valence electrons. The van der Waals surface area contributed by atoms with E-state index in [1.165, 1.54) is 5.56 Å². The van der Waals surface area contributed by atoms with Crippen molar-refractivity contribution in [3.8, 4) is 0 Å². The van der Waals surface area contributed by atoms with Crippen molar-refractivity contribution in [1.29, 1.82) is 0 Å². The van der Waals surface area contributed by atoms with Crippen LogP contribution in [0.4, 0.5) is 0 Å². The third-order valence-corrected chi connectivity index (χ3v) is 4.20. The maximum Gasteiger partial charge on any atom is 0.0624 e. The van der Waals surface area contributed by atoms with E-state index < -0.39 is 0 Å². The molecule has 1 nitrogen and oxygen atoms in total. The highest BCUT2D eigenvalue weighted by atomic mass is 35.5. The average Bonchev–Trinajstić information content (AvgIpc) is 2.41. The SMILES string of the molecule is Cc1ccccc1C(CO)Cc1cccc(Cl)c1Cl. The predicted octanol–water partition coefficient (Wildman–Crippen LogP) is 4.62. The molecule has 2 rings (SSSR count). The summed E-state index contributed by atoms with van der Waals surface area (Å²) in [5.41, 5.74) is 3.30. The minimum absolute atomic E-state index is 0.0390. The van der Waals surface area contributed by atoms with Crippen LogP contribution in [0.25, 0.3) is 0 Å². The maximum atomic E-state index is 9.65. The van der Waals surface area contributed by atoms with E-state index >= 15 is 0 Å². The van der Waals surface area contributed by atoms with E-state index in [9.17, 15) is 5.11 Å². The zero-order chi connectivity index (χ0) is 13.8. The van der Waals surface area contributed by atoms with E-state index in [-0.39, 0.29) is 12.5 Å². The number of hydrogen-bond acceptors (Lipinski definition) is 1. The number of aryl methyl sites for hydroxylation is 1. The molecule has 3 heteroatoms. The van der Waals surface area contributed by atoms with Gasteiger partial charge in [-0.15, -0.1) is 0 Å². The first-order valence-corrected chi connectivity index (χ1v) is 6.98. The van der Waals surface area contributed by atoms with Crippen LogP contribution in [-0.4, -0.2) is 11.7 Å². The van der Waals surface area contributed by atoms with E-state index in [0.717, 1.165) is 11.1 Å². The average molecular weight is 295 g/mol. The summed E-state index contributed by atoms with van der Waals surface area (Å²) >= 11 is 12.2. The minimum atomic E-state index is 0.0390. The fourth-order valence-electron chi connectivity index (χ4n) is 2.29. The van der Waals surface area contributed by atoms with Crippen molar-refractivity contribution in [3.05, 3.63) is 69.2 Å². The molecule has 2 aromatic rings. The Kier molecular flexibility index (Phi) is 4.87. The van der Waals surface area contributed by atoms with Crippen LogP contribution in [0.15, 0.2) is 42.5 Å². The van der Waals surface area contributed by atoms with Crippen molar-refractivity contribution in [3.63, 3.8) is 0 Å². The van der Waals surface area contributed by atoms with Gasteiger partial charge in [-0.1, -0.05) is 59.6 Å². The fraction of sp³-hybridized carbons (Fsp3) is 0.250. The van der Waals surface area contributed by atoms with Gasteiger partial charge in [-0.05, 0) is 36.1 Å². The van der Waals surface area contributed by atoms with Crippen LogP contribution < -0.4 is 0 Å². The van der Waals surface area contributed by atoms with E-state index in [1.807, 2.05) is 24.3 Å². The van der Waals surface area contributed by atoms with Crippen LogP contribution >= 0.6 is 23.2 Å². The second kappa shape index (κ2) is 6.42. The van der Waals surface area contributed by atoms with Crippen molar-refractivity contribution in [2.45, 2.75) is 19.3 Å². The van der Waals surface area contributed by atoms with Crippen molar-refractivity contribution in [2.75, 3.05) is 6.61 Å². The van der Waals surface area contributed by atoms with E-state index in [4.69, 9.17) is 23.2 Å². The smallest absolute Gasteiger partial charge is 0.0624 e. The first-order valence-electron chi connectivity index (χ1n) is 6.22. The molecule has 0 saturated carbocycles. The maximum absolute atomic E-state index is 9.65. The highest BCUT2D eigenvalue weighted by Gasteiger charge is 2.15. The number of benzene rings is 2. The molecule has 0 bridgehead atoms. The molecule has 19 heavy (non-hydrogen) atoms. The highest BCUT2D eigenvalue weighted by molar-refractivity contribution is 6.42. The van der Waals surface area contributed by atoms with Gasteiger partial charge in [0.25, 0.3) is 0 Å². The zero-order valence-electron chi connectivity index (χ0n) is 10.7. The third kappa shape index (κ3) is 3.30. The third-order valence-electron chi connectivity index (χ3n) is 3.35. The molecule has 0 spiro atoms. The first kappa shape index (κ1) is 14.4. The van der Waals surface area contributed by atoms with Gasteiger partial charge in [0.1, 0.15) is 0 Å². The lowest BCUT2D eigenvalue weighted by molar-refractivity contribution is 0.264. The summed E-state index contributed by atoms with van der Waals surface area (Å²) in [5, 5.41) is 10.8. The van der Waals surface area contributed by atoms with Crippen molar-refractivity contribution in [1.82, 2.24) is 0 Å². The molecular formula is C16H16Cl2O. The van der Waals surface area contributed by atoms with Gasteiger partial charge in [-0.25, -0.2) is 0 Å². The topological polar surface area (TPSA) is 20.2 Å². The van der Waals surface area contributed by atoms with Gasteiger partial charge in [0.15, 0.2) is 0 Å². The van der Waals surface area contributed by atoms with E-state index in [1.54, 1.807) is 6.07 Å². The van der Waals surface area contributed by atoms with Crippen LogP contribution in [0.5, 0.6) is 0 Å². The Morgan fingerprint density at radius 1 is 1.05 bits per heavy atom. The van der Waals surface area contributed by atoms with Gasteiger partial charge in [-0.2, -0.15) is 0 Å². The molecule has 0 saturated heterocycles. The van der Waals surface area contributed by atoms with Crippen LogP contribution in [0, 0.1) is 6.92 Å². The lowest BCUT2D eigenvalue weighted by atomic mass is 9.90. The number of aliphatic hydroxyl groups is 1.